The van der Waals surface area contributed by atoms with Crippen LogP contribution in [0.1, 0.15) is 36.0 Å². The molecule has 0 spiro atoms. The number of nitrogens with two attached hydrogens (primary N) is 1. The zero-order valence-electron chi connectivity index (χ0n) is 10.7. The summed E-state index contributed by atoms with van der Waals surface area (Å²) in [6, 6.07) is 5.00. The topological polar surface area (TPSA) is 75.4 Å². The third-order valence-electron chi connectivity index (χ3n) is 3.67. The summed E-state index contributed by atoms with van der Waals surface area (Å²) in [7, 11) is 0. The van der Waals surface area contributed by atoms with Crippen LogP contribution in [0.5, 0.6) is 0 Å². The van der Waals surface area contributed by atoms with Crippen molar-refractivity contribution in [2.75, 3.05) is 12.3 Å². The lowest BCUT2D eigenvalue weighted by Gasteiger charge is -2.27. The predicted molar refractivity (Wildman–Crippen MR) is 76.2 cm³/mol. The fourth-order valence-corrected chi connectivity index (χ4v) is 2.68. The molecule has 0 radical (unpaired) electrons. The predicted octanol–water partition coefficient (Wildman–Crippen LogP) is 2.20. The summed E-state index contributed by atoms with van der Waals surface area (Å²) < 4.78 is 0. The number of rotatable bonds is 3. The number of anilines is 1. The number of benzene rings is 1. The fourth-order valence-electron chi connectivity index (χ4n) is 2.47. The number of halogens is 1. The molecule has 1 amide bonds. The number of hydrogen-bond donors (Lipinski definition) is 3. The molecule has 2 rings (SSSR count). The van der Waals surface area contributed by atoms with E-state index in [2.05, 4.69) is 5.32 Å². The lowest BCUT2D eigenvalue weighted by molar-refractivity contribution is 0.0663. The average Bonchev–Trinajstić information content (AvgIpc) is 2.40. The van der Waals surface area contributed by atoms with E-state index in [1.165, 1.54) is 0 Å². The van der Waals surface area contributed by atoms with Crippen LogP contribution in [0.2, 0.25) is 5.02 Å². The van der Waals surface area contributed by atoms with Crippen LogP contribution in [-0.4, -0.2) is 23.7 Å². The molecule has 1 saturated carbocycles. The number of amides is 1. The first-order valence-electron chi connectivity index (χ1n) is 6.60. The summed E-state index contributed by atoms with van der Waals surface area (Å²) >= 11 is 6.00. The van der Waals surface area contributed by atoms with Crippen LogP contribution in [0.25, 0.3) is 0 Å². The summed E-state index contributed by atoms with van der Waals surface area (Å²) in [6.07, 6.45) is 3.62. The molecular formula is C14H19ClN2O2. The van der Waals surface area contributed by atoms with E-state index in [0.29, 0.717) is 17.8 Å². The van der Waals surface area contributed by atoms with Gasteiger partial charge in [0.2, 0.25) is 0 Å². The smallest absolute Gasteiger partial charge is 0.252 e. The van der Waals surface area contributed by atoms with Gasteiger partial charge in [0, 0.05) is 12.5 Å². The summed E-state index contributed by atoms with van der Waals surface area (Å²) in [5.41, 5.74) is 6.44. The van der Waals surface area contributed by atoms with Gasteiger partial charge < -0.3 is 16.2 Å². The van der Waals surface area contributed by atoms with Gasteiger partial charge in [0.25, 0.3) is 5.91 Å². The number of carbonyl (C=O) groups is 1. The van der Waals surface area contributed by atoms with Crippen molar-refractivity contribution in [2.24, 2.45) is 5.92 Å². The van der Waals surface area contributed by atoms with Crippen LogP contribution in [0.15, 0.2) is 18.2 Å². The van der Waals surface area contributed by atoms with E-state index in [1.54, 1.807) is 18.2 Å². The highest BCUT2D eigenvalue weighted by atomic mass is 35.5. The van der Waals surface area contributed by atoms with Crippen molar-refractivity contribution in [3.05, 3.63) is 28.8 Å². The molecule has 0 heterocycles. The number of nitrogen functional groups attached to an aromatic ring is 1. The normalized spacial score (nSPS) is 23.1. The molecule has 4 N–H and O–H groups in total. The molecule has 0 saturated heterocycles. The van der Waals surface area contributed by atoms with Gasteiger partial charge in [0.15, 0.2) is 0 Å². The minimum absolute atomic E-state index is 0.137. The molecule has 1 aliphatic carbocycles. The van der Waals surface area contributed by atoms with Gasteiger partial charge in [-0.2, -0.15) is 0 Å². The maximum Gasteiger partial charge on any atom is 0.252 e. The summed E-state index contributed by atoms with van der Waals surface area (Å²) in [5.74, 6) is -0.104. The van der Waals surface area contributed by atoms with Crippen molar-refractivity contribution in [3.8, 4) is 0 Å². The molecule has 4 nitrogen and oxygen atoms in total. The Kier molecular flexibility index (Phi) is 4.66. The maximum absolute atomic E-state index is 12.0. The standard InChI is InChI=1S/C14H19ClN2O2/c15-13-10(5-3-6-11(13)16)14(19)17-8-9-4-1-2-7-12(9)18/h3,5-6,9,12,18H,1-2,4,7-8,16H2,(H,17,19). The van der Waals surface area contributed by atoms with Crippen molar-refractivity contribution in [1.82, 2.24) is 5.32 Å². The molecule has 104 valence electrons. The molecule has 1 aromatic rings. The Morgan fingerprint density at radius 3 is 2.89 bits per heavy atom. The Bertz CT molecular complexity index is 465. The van der Waals surface area contributed by atoms with Crippen molar-refractivity contribution in [1.29, 1.82) is 0 Å². The van der Waals surface area contributed by atoms with Crippen LogP contribution in [0.4, 0.5) is 5.69 Å². The van der Waals surface area contributed by atoms with Gasteiger partial charge in [-0.05, 0) is 25.0 Å². The lowest BCUT2D eigenvalue weighted by Crippen LogP contribution is -2.36. The Hall–Kier alpha value is -1.26. The highest BCUT2D eigenvalue weighted by molar-refractivity contribution is 6.36. The van der Waals surface area contributed by atoms with Gasteiger partial charge in [-0.25, -0.2) is 0 Å². The minimum Gasteiger partial charge on any atom is -0.398 e. The van der Waals surface area contributed by atoms with E-state index in [0.717, 1.165) is 25.7 Å². The highest BCUT2D eigenvalue weighted by Crippen LogP contribution is 2.25. The SMILES string of the molecule is Nc1cccc(C(=O)NCC2CCCCC2O)c1Cl. The summed E-state index contributed by atoms with van der Waals surface area (Å²) in [5, 5.41) is 13.0. The lowest BCUT2D eigenvalue weighted by atomic mass is 9.86. The van der Waals surface area contributed by atoms with Crippen molar-refractivity contribution in [3.63, 3.8) is 0 Å². The van der Waals surface area contributed by atoms with E-state index in [4.69, 9.17) is 17.3 Å². The Balaban J connectivity index is 1.95. The van der Waals surface area contributed by atoms with E-state index >= 15 is 0 Å². The second-order valence-electron chi connectivity index (χ2n) is 5.03. The van der Waals surface area contributed by atoms with Gasteiger partial charge in [-0.3, -0.25) is 4.79 Å². The number of aliphatic hydroxyl groups is 1. The molecule has 0 bridgehead atoms. The second-order valence-corrected chi connectivity index (χ2v) is 5.41. The molecule has 1 aromatic carbocycles. The molecule has 0 aromatic heterocycles. The first kappa shape index (κ1) is 14.2. The zero-order chi connectivity index (χ0) is 13.8. The van der Waals surface area contributed by atoms with Gasteiger partial charge in [-0.15, -0.1) is 0 Å². The van der Waals surface area contributed by atoms with Gasteiger partial charge in [0.1, 0.15) is 0 Å². The second kappa shape index (κ2) is 6.26. The molecule has 1 fully saturated rings. The molecule has 2 unspecified atom stereocenters. The van der Waals surface area contributed by atoms with Crippen molar-refractivity contribution < 1.29 is 9.90 Å². The third kappa shape index (κ3) is 3.39. The molecule has 5 heteroatoms. The molecule has 2 atom stereocenters. The summed E-state index contributed by atoms with van der Waals surface area (Å²) in [6.45, 7) is 0.477. The van der Waals surface area contributed by atoms with Crippen LogP contribution in [0, 0.1) is 5.92 Å². The number of hydrogen-bond acceptors (Lipinski definition) is 3. The largest absolute Gasteiger partial charge is 0.398 e. The number of aliphatic hydroxyl groups excluding tert-OH is 1. The monoisotopic (exact) mass is 282 g/mol. The highest BCUT2D eigenvalue weighted by Gasteiger charge is 2.23. The van der Waals surface area contributed by atoms with Gasteiger partial charge >= 0.3 is 0 Å². The van der Waals surface area contributed by atoms with E-state index in [9.17, 15) is 9.90 Å². The van der Waals surface area contributed by atoms with E-state index in [-0.39, 0.29) is 23.0 Å². The Labute approximate surface area is 117 Å². The van der Waals surface area contributed by atoms with Crippen molar-refractivity contribution in [2.45, 2.75) is 31.8 Å². The molecule has 0 aliphatic heterocycles. The number of nitrogens with one attached hydrogen (secondary N) is 1. The molecule has 1 aliphatic rings. The quantitative estimate of drug-likeness (QED) is 0.744. The van der Waals surface area contributed by atoms with Crippen LogP contribution in [0.3, 0.4) is 0 Å². The van der Waals surface area contributed by atoms with Crippen LogP contribution < -0.4 is 11.1 Å². The van der Waals surface area contributed by atoms with Gasteiger partial charge in [0.05, 0.1) is 22.4 Å². The van der Waals surface area contributed by atoms with E-state index < -0.39 is 0 Å². The average molecular weight is 283 g/mol. The Morgan fingerprint density at radius 1 is 1.42 bits per heavy atom. The third-order valence-corrected chi connectivity index (χ3v) is 4.09. The Morgan fingerprint density at radius 2 is 2.16 bits per heavy atom. The van der Waals surface area contributed by atoms with Gasteiger partial charge in [-0.1, -0.05) is 30.5 Å². The summed E-state index contributed by atoms with van der Waals surface area (Å²) in [4.78, 5) is 12.0. The zero-order valence-corrected chi connectivity index (χ0v) is 11.5. The number of carbonyl (C=O) groups excluding carboxylic acids is 1. The van der Waals surface area contributed by atoms with Crippen LogP contribution >= 0.6 is 11.6 Å². The fraction of sp³-hybridized carbons (Fsp3) is 0.500. The van der Waals surface area contributed by atoms with Crippen molar-refractivity contribution >= 4 is 23.2 Å². The molecular weight excluding hydrogens is 264 g/mol. The van der Waals surface area contributed by atoms with E-state index in [1.807, 2.05) is 0 Å². The van der Waals surface area contributed by atoms with Crippen LogP contribution in [-0.2, 0) is 0 Å². The first-order chi connectivity index (χ1) is 9.09. The molecule has 19 heavy (non-hydrogen) atoms. The first-order valence-corrected chi connectivity index (χ1v) is 6.97. The minimum atomic E-state index is -0.314. The maximum atomic E-state index is 12.0.